The third-order valence-electron chi connectivity index (χ3n) is 10.7. The van der Waals surface area contributed by atoms with E-state index < -0.39 is 5.97 Å². The van der Waals surface area contributed by atoms with Crippen molar-refractivity contribution < 1.29 is 19.4 Å². The van der Waals surface area contributed by atoms with Crippen LogP contribution in [-0.4, -0.2) is 48.2 Å². The Morgan fingerprint density at radius 1 is 0.667 bits per heavy atom. The third kappa shape index (κ3) is 22.2. The van der Waals surface area contributed by atoms with Crippen LogP contribution < -0.4 is 0 Å². The maximum atomic E-state index is 12.3. The lowest BCUT2D eigenvalue weighted by Crippen LogP contribution is -2.46. The summed E-state index contributed by atoms with van der Waals surface area (Å²) in [6.45, 7) is 8.32. The van der Waals surface area contributed by atoms with E-state index in [0.29, 0.717) is 30.9 Å². The molecule has 0 aromatic rings. The van der Waals surface area contributed by atoms with Gasteiger partial charge in [0.1, 0.15) is 0 Å². The Morgan fingerprint density at radius 2 is 1.13 bits per heavy atom. The standard InChI is InChI=1S/C40H77NO4/c1-5-8-11-12-13-14-17-22-27-36(38-34-37(40(43)44)30-32-41(38)4)28-23-18-15-16-19-24-29-39(42)45-33-31-35(25-20-9-6-2)26-21-10-7-3/h35-38H,5-34H2,1-4H3,(H,43,44). The lowest BCUT2D eigenvalue weighted by molar-refractivity contribution is -0.145. The van der Waals surface area contributed by atoms with Gasteiger partial charge in [-0.05, 0) is 64.0 Å². The first-order valence-corrected chi connectivity index (χ1v) is 20.0. The topological polar surface area (TPSA) is 66.8 Å². The fourth-order valence-corrected chi connectivity index (χ4v) is 7.55. The number of hydrogen-bond donors (Lipinski definition) is 1. The average molecular weight is 636 g/mol. The van der Waals surface area contributed by atoms with E-state index in [1.807, 2.05) is 0 Å². The summed E-state index contributed by atoms with van der Waals surface area (Å²) >= 11 is 0. The molecule has 3 unspecified atom stereocenters. The lowest BCUT2D eigenvalue weighted by Gasteiger charge is -2.40. The fourth-order valence-electron chi connectivity index (χ4n) is 7.55. The van der Waals surface area contributed by atoms with Gasteiger partial charge < -0.3 is 14.7 Å². The molecule has 5 nitrogen and oxygen atoms in total. The van der Waals surface area contributed by atoms with E-state index in [9.17, 15) is 14.7 Å². The molecule has 3 atom stereocenters. The van der Waals surface area contributed by atoms with Crippen molar-refractivity contribution in [3.8, 4) is 0 Å². The number of esters is 1. The number of hydrogen-bond acceptors (Lipinski definition) is 4. The van der Waals surface area contributed by atoms with Crippen LogP contribution in [0.2, 0.25) is 0 Å². The number of carbonyl (C=O) groups is 2. The molecule has 0 aromatic carbocycles. The van der Waals surface area contributed by atoms with Crippen LogP contribution in [0, 0.1) is 17.8 Å². The van der Waals surface area contributed by atoms with E-state index in [-0.39, 0.29) is 11.9 Å². The molecule has 1 N–H and O–H groups in total. The number of nitrogens with zero attached hydrogens (tertiary/aromatic N) is 1. The highest BCUT2D eigenvalue weighted by molar-refractivity contribution is 5.70. The van der Waals surface area contributed by atoms with Gasteiger partial charge in [0.25, 0.3) is 0 Å². The lowest BCUT2D eigenvalue weighted by atomic mass is 9.79. The van der Waals surface area contributed by atoms with E-state index in [4.69, 9.17) is 4.74 Å². The summed E-state index contributed by atoms with van der Waals surface area (Å²) in [5.41, 5.74) is 0. The van der Waals surface area contributed by atoms with Crippen molar-refractivity contribution in [3.05, 3.63) is 0 Å². The normalized spacial score (nSPS) is 18.0. The minimum Gasteiger partial charge on any atom is -0.481 e. The molecule has 1 fully saturated rings. The molecule has 1 aliphatic rings. The van der Waals surface area contributed by atoms with Crippen molar-refractivity contribution in [3.63, 3.8) is 0 Å². The Morgan fingerprint density at radius 3 is 1.67 bits per heavy atom. The van der Waals surface area contributed by atoms with Gasteiger partial charge in [0.05, 0.1) is 12.5 Å². The number of unbranched alkanes of at least 4 members (excludes halogenated alkanes) is 16. The van der Waals surface area contributed by atoms with Crippen molar-refractivity contribution in [2.75, 3.05) is 20.2 Å². The maximum absolute atomic E-state index is 12.3. The molecule has 1 aliphatic heterocycles. The molecule has 45 heavy (non-hydrogen) atoms. The minimum atomic E-state index is -0.600. The third-order valence-corrected chi connectivity index (χ3v) is 10.7. The van der Waals surface area contributed by atoms with Crippen LogP contribution in [0.25, 0.3) is 0 Å². The molecule has 0 amide bonds. The minimum absolute atomic E-state index is 0.00376. The zero-order valence-electron chi connectivity index (χ0n) is 30.6. The van der Waals surface area contributed by atoms with Gasteiger partial charge in [0.2, 0.25) is 0 Å². The van der Waals surface area contributed by atoms with Crippen molar-refractivity contribution in [2.24, 2.45) is 17.8 Å². The predicted octanol–water partition coefficient (Wildman–Crippen LogP) is 11.8. The number of likely N-dealkylation sites (tertiary alicyclic amines) is 1. The molecular weight excluding hydrogens is 558 g/mol. The average Bonchev–Trinajstić information content (AvgIpc) is 3.02. The van der Waals surface area contributed by atoms with Crippen LogP contribution in [0.15, 0.2) is 0 Å². The monoisotopic (exact) mass is 636 g/mol. The molecule has 1 heterocycles. The van der Waals surface area contributed by atoms with E-state index in [0.717, 1.165) is 38.6 Å². The van der Waals surface area contributed by atoms with Gasteiger partial charge in [0, 0.05) is 12.5 Å². The number of aliphatic carboxylic acids is 1. The Hall–Kier alpha value is -1.10. The van der Waals surface area contributed by atoms with Crippen LogP contribution in [0.3, 0.4) is 0 Å². The molecular formula is C40H77NO4. The first kappa shape index (κ1) is 41.9. The summed E-state index contributed by atoms with van der Waals surface area (Å²) in [5.74, 6) is 0.558. The second-order valence-electron chi connectivity index (χ2n) is 14.7. The number of carbonyl (C=O) groups excluding carboxylic acids is 1. The quantitative estimate of drug-likeness (QED) is 0.0606. The van der Waals surface area contributed by atoms with E-state index >= 15 is 0 Å². The van der Waals surface area contributed by atoms with Crippen LogP contribution >= 0.6 is 0 Å². The molecule has 0 bridgehead atoms. The van der Waals surface area contributed by atoms with Gasteiger partial charge in [-0.25, -0.2) is 0 Å². The zero-order valence-corrected chi connectivity index (χ0v) is 30.6. The van der Waals surface area contributed by atoms with Gasteiger partial charge in [-0.15, -0.1) is 0 Å². The summed E-state index contributed by atoms with van der Waals surface area (Å²) in [7, 11) is 2.22. The largest absolute Gasteiger partial charge is 0.481 e. The summed E-state index contributed by atoms with van der Waals surface area (Å²) in [5, 5.41) is 9.70. The Balaban J connectivity index is 2.28. The SMILES string of the molecule is CCCCCCCCCCC(CCCCCCCCC(=O)OCCC(CCCCC)CCCCC)C1CC(C(=O)O)CCN1C. The summed E-state index contributed by atoms with van der Waals surface area (Å²) < 4.78 is 5.63. The van der Waals surface area contributed by atoms with Crippen LogP contribution in [0.5, 0.6) is 0 Å². The van der Waals surface area contributed by atoms with E-state index in [2.05, 4.69) is 32.7 Å². The molecule has 266 valence electrons. The van der Waals surface area contributed by atoms with Crippen LogP contribution in [0.4, 0.5) is 0 Å². The molecule has 0 radical (unpaired) electrons. The molecule has 5 heteroatoms. The number of ether oxygens (including phenoxy) is 1. The van der Waals surface area contributed by atoms with Crippen molar-refractivity contribution in [1.82, 2.24) is 4.90 Å². The summed E-state index contributed by atoms with van der Waals surface area (Å²) in [6, 6.07) is 0.415. The van der Waals surface area contributed by atoms with Crippen molar-refractivity contribution in [2.45, 2.75) is 207 Å². The second kappa shape index (κ2) is 29.1. The first-order valence-electron chi connectivity index (χ1n) is 20.0. The summed E-state index contributed by atoms with van der Waals surface area (Å²) in [4.78, 5) is 26.6. The Kier molecular flexibility index (Phi) is 27.1. The molecule has 0 aliphatic carbocycles. The molecule has 1 saturated heterocycles. The zero-order chi connectivity index (χ0) is 33.0. The van der Waals surface area contributed by atoms with Gasteiger partial charge >= 0.3 is 11.9 Å². The van der Waals surface area contributed by atoms with Crippen molar-refractivity contribution >= 4 is 11.9 Å². The summed E-state index contributed by atoms with van der Waals surface area (Å²) in [6.07, 6.45) is 33.8. The predicted molar refractivity (Wildman–Crippen MR) is 192 cm³/mol. The number of piperidine rings is 1. The van der Waals surface area contributed by atoms with Crippen LogP contribution in [0.1, 0.15) is 201 Å². The smallest absolute Gasteiger partial charge is 0.306 e. The van der Waals surface area contributed by atoms with Gasteiger partial charge in [-0.2, -0.15) is 0 Å². The van der Waals surface area contributed by atoms with E-state index in [1.165, 1.54) is 141 Å². The molecule has 0 aromatic heterocycles. The second-order valence-corrected chi connectivity index (χ2v) is 14.7. The maximum Gasteiger partial charge on any atom is 0.306 e. The number of carboxylic acid groups (broad SMARTS) is 1. The molecule has 1 rings (SSSR count). The number of rotatable bonds is 31. The van der Waals surface area contributed by atoms with Crippen LogP contribution in [-0.2, 0) is 14.3 Å². The molecule has 0 spiro atoms. The highest BCUT2D eigenvalue weighted by atomic mass is 16.5. The first-order chi connectivity index (χ1) is 21.9. The molecule has 0 saturated carbocycles. The van der Waals surface area contributed by atoms with Gasteiger partial charge in [-0.3, -0.25) is 9.59 Å². The van der Waals surface area contributed by atoms with Crippen molar-refractivity contribution in [1.29, 1.82) is 0 Å². The Labute approximate surface area is 280 Å². The fraction of sp³-hybridized carbons (Fsp3) is 0.950. The highest BCUT2D eigenvalue weighted by Crippen LogP contribution is 2.33. The Bertz CT molecular complexity index is 688. The van der Waals surface area contributed by atoms with Gasteiger partial charge in [0.15, 0.2) is 0 Å². The van der Waals surface area contributed by atoms with Gasteiger partial charge in [-0.1, -0.05) is 156 Å². The highest BCUT2D eigenvalue weighted by Gasteiger charge is 2.34. The van der Waals surface area contributed by atoms with E-state index in [1.54, 1.807) is 0 Å². The number of carboxylic acids is 1.